The summed E-state index contributed by atoms with van der Waals surface area (Å²) in [5, 5.41) is 10.7. The molecule has 1 aliphatic rings. The van der Waals surface area contributed by atoms with Crippen molar-refractivity contribution >= 4 is 39.1 Å². The maximum atomic E-state index is 9.59. The summed E-state index contributed by atoms with van der Waals surface area (Å²) in [6.07, 6.45) is -0.527. The molecule has 0 aromatic carbocycles. The molecule has 1 atom stereocenters. The molecule has 1 saturated heterocycles. The van der Waals surface area contributed by atoms with Crippen LogP contribution in [-0.4, -0.2) is 64.5 Å². The highest BCUT2D eigenvalue weighted by Gasteiger charge is 2.20. The van der Waals surface area contributed by atoms with Gasteiger partial charge in [0.25, 0.3) is 0 Å². The molecule has 7 nitrogen and oxygen atoms in total. The number of hydrogen-bond acceptors (Lipinski definition) is 8. The third kappa shape index (κ3) is 3.31. The number of nitrogens with zero attached hydrogens (tertiary/aromatic N) is 5. The minimum Gasteiger partial charge on any atom is -0.379 e. The van der Waals surface area contributed by atoms with E-state index in [9.17, 15) is 5.11 Å². The smallest absolute Gasteiger partial charge is 0.225 e. The fraction of sp³-hybridized carbons (Fsp3) is 0.615. The Balaban J connectivity index is 1.95. The second kappa shape index (κ2) is 6.59. The summed E-state index contributed by atoms with van der Waals surface area (Å²) < 4.78 is 5.38. The van der Waals surface area contributed by atoms with Crippen molar-refractivity contribution in [3.63, 3.8) is 0 Å². The highest BCUT2D eigenvalue weighted by Crippen LogP contribution is 2.30. The zero-order valence-corrected chi connectivity index (χ0v) is 14.1. The van der Waals surface area contributed by atoms with E-state index >= 15 is 0 Å². The van der Waals surface area contributed by atoms with Crippen LogP contribution in [0.15, 0.2) is 0 Å². The molecule has 1 N–H and O–H groups in total. The molecule has 3 heterocycles. The Morgan fingerprint density at radius 3 is 2.77 bits per heavy atom. The molecule has 2 aromatic heterocycles. The Labute approximate surface area is 137 Å². The zero-order valence-electron chi connectivity index (χ0n) is 12.5. The summed E-state index contributed by atoms with van der Waals surface area (Å²) in [6.45, 7) is 5.16. The van der Waals surface area contributed by atoms with Gasteiger partial charge < -0.3 is 14.7 Å². The average molecular weight is 344 g/mol. The normalized spacial score (nSPS) is 17.4. The number of rotatable bonds is 4. The van der Waals surface area contributed by atoms with Crippen LogP contribution in [0.25, 0.3) is 10.3 Å². The molecule has 1 unspecified atom stereocenters. The third-order valence-electron chi connectivity index (χ3n) is 3.59. The predicted octanol–water partition coefficient (Wildman–Crippen LogP) is 1.35. The van der Waals surface area contributed by atoms with Gasteiger partial charge in [0.05, 0.1) is 19.8 Å². The Hall–Kier alpha value is -1.06. The number of fused-ring (bicyclic) bond motifs is 1. The molecule has 0 saturated carbocycles. The molecule has 22 heavy (non-hydrogen) atoms. The van der Waals surface area contributed by atoms with Crippen molar-refractivity contribution in [2.45, 2.75) is 19.7 Å². The molecular weight excluding hydrogens is 326 g/mol. The lowest BCUT2D eigenvalue weighted by Gasteiger charge is -2.27. The van der Waals surface area contributed by atoms with Crippen LogP contribution in [-0.2, 0) is 11.3 Å². The van der Waals surface area contributed by atoms with Crippen molar-refractivity contribution in [3.05, 3.63) is 10.3 Å². The summed E-state index contributed by atoms with van der Waals surface area (Å²) in [7, 11) is 1.85. The molecule has 0 bridgehead atoms. The van der Waals surface area contributed by atoms with Gasteiger partial charge in [-0.25, -0.2) is 9.97 Å². The van der Waals surface area contributed by atoms with Crippen LogP contribution in [0.5, 0.6) is 0 Å². The summed E-state index contributed by atoms with van der Waals surface area (Å²) >= 11 is 7.53. The number of ether oxygens (including phenoxy) is 1. The second-order valence-corrected chi connectivity index (χ2v) is 6.62. The summed E-state index contributed by atoms with van der Waals surface area (Å²) in [4.78, 5) is 18.0. The molecule has 1 fully saturated rings. The van der Waals surface area contributed by atoms with Crippen molar-refractivity contribution in [2.75, 3.05) is 38.3 Å². The number of morpholine rings is 1. The first-order valence-corrected chi connectivity index (χ1v) is 8.28. The molecule has 2 aromatic rings. The Kier molecular flexibility index (Phi) is 4.74. The van der Waals surface area contributed by atoms with Crippen LogP contribution in [0.2, 0.25) is 5.28 Å². The van der Waals surface area contributed by atoms with E-state index in [2.05, 4.69) is 19.9 Å². The van der Waals surface area contributed by atoms with Gasteiger partial charge in [-0.2, -0.15) is 4.98 Å². The fourth-order valence-electron chi connectivity index (χ4n) is 2.23. The predicted molar refractivity (Wildman–Crippen MR) is 86.4 cm³/mol. The van der Waals surface area contributed by atoms with Crippen molar-refractivity contribution < 1.29 is 9.84 Å². The minimum atomic E-state index is -0.527. The van der Waals surface area contributed by atoms with Crippen molar-refractivity contribution in [1.29, 1.82) is 0 Å². The van der Waals surface area contributed by atoms with E-state index in [4.69, 9.17) is 16.3 Å². The average Bonchev–Trinajstić information content (AvgIpc) is 2.89. The first-order chi connectivity index (χ1) is 10.5. The van der Waals surface area contributed by atoms with Gasteiger partial charge in [-0.1, -0.05) is 11.3 Å². The Morgan fingerprint density at radius 1 is 1.36 bits per heavy atom. The highest BCUT2D eigenvalue weighted by molar-refractivity contribution is 7.18. The van der Waals surface area contributed by atoms with Gasteiger partial charge in [-0.15, -0.1) is 0 Å². The van der Waals surface area contributed by atoms with Gasteiger partial charge in [-0.05, 0) is 25.6 Å². The van der Waals surface area contributed by atoms with Crippen LogP contribution in [0.4, 0.5) is 5.82 Å². The van der Waals surface area contributed by atoms with E-state index in [1.807, 2.05) is 7.05 Å². The first-order valence-electron chi connectivity index (χ1n) is 7.08. The molecule has 0 radical (unpaired) electrons. The number of aromatic nitrogens is 3. The number of hydrogen-bond donors (Lipinski definition) is 1. The van der Waals surface area contributed by atoms with E-state index in [-0.39, 0.29) is 5.28 Å². The fourth-order valence-corrected chi connectivity index (χ4v) is 3.44. The molecule has 0 aliphatic carbocycles. The summed E-state index contributed by atoms with van der Waals surface area (Å²) in [5.41, 5.74) is 0.769. The monoisotopic (exact) mass is 343 g/mol. The minimum absolute atomic E-state index is 0.230. The van der Waals surface area contributed by atoms with Gasteiger partial charge in [0.2, 0.25) is 5.28 Å². The largest absolute Gasteiger partial charge is 0.379 e. The van der Waals surface area contributed by atoms with Crippen molar-refractivity contribution in [3.8, 4) is 0 Å². The summed E-state index contributed by atoms with van der Waals surface area (Å²) in [5.74, 6) is 0.764. The topological polar surface area (TPSA) is 74.6 Å². The highest BCUT2D eigenvalue weighted by atomic mass is 35.5. The molecule has 3 rings (SSSR count). The van der Waals surface area contributed by atoms with Crippen LogP contribution in [0, 0.1) is 0 Å². The molecule has 9 heteroatoms. The van der Waals surface area contributed by atoms with Crippen molar-refractivity contribution in [1.82, 2.24) is 19.9 Å². The van der Waals surface area contributed by atoms with Crippen LogP contribution >= 0.6 is 22.9 Å². The number of thiazole rings is 1. The molecular formula is C13H18ClN5O2S. The lowest BCUT2D eigenvalue weighted by atomic mass is 10.4. The lowest BCUT2D eigenvalue weighted by Crippen LogP contribution is -2.37. The summed E-state index contributed by atoms with van der Waals surface area (Å²) in [6, 6.07) is 0. The SMILES string of the molecule is CC(O)N(C)Cc1nc2c(N3CCOCC3)nc(Cl)nc2s1. The lowest BCUT2D eigenvalue weighted by molar-refractivity contribution is 0.0329. The maximum Gasteiger partial charge on any atom is 0.225 e. The number of halogens is 1. The Morgan fingerprint density at radius 2 is 2.09 bits per heavy atom. The molecule has 1 aliphatic heterocycles. The molecule has 0 amide bonds. The number of aliphatic hydroxyl groups is 1. The van der Waals surface area contributed by atoms with Gasteiger partial charge in [-0.3, -0.25) is 4.90 Å². The zero-order chi connectivity index (χ0) is 15.7. The third-order valence-corrected chi connectivity index (χ3v) is 4.69. The van der Waals surface area contributed by atoms with Gasteiger partial charge in [0, 0.05) is 13.1 Å². The first kappa shape index (κ1) is 15.8. The van der Waals surface area contributed by atoms with Crippen LogP contribution in [0.3, 0.4) is 0 Å². The quantitative estimate of drug-likeness (QED) is 0.663. The number of anilines is 1. The van der Waals surface area contributed by atoms with Gasteiger partial charge in [0.15, 0.2) is 10.6 Å². The molecule has 120 valence electrons. The Bertz CT molecular complexity index is 659. The van der Waals surface area contributed by atoms with Crippen LogP contribution in [0.1, 0.15) is 11.9 Å². The standard InChI is InChI=1S/C13H18ClN5O2S/c1-8(20)18(2)7-9-15-10-11(19-3-5-21-6-4-19)16-13(14)17-12(10)22-9/h8,20H,3-7H2,1-2H3. The maximum absolute atomic E-state index is 9.59. The van der Waals surface area contributed by atoms with Gasteiger partial charge in [0.1, 0.15) is 16.8 Å². The van der Waals surface area contributed by atoms with E-state index < -0.39 is 6.23 Å². The second-order valence-electron chi connectivity index (χ2n) is 5.22. The molecule has 0 spiro atoms. The number of aliphatic hydroxyl groups excluding tert-OH is 1. The van der Waals surface area contributed by atoms with E-state index in [1.165, 1.54) is 11.3 Å². The van der Waals surface area contributed by atoms with Gasteiger partial charge >= 0.3 is 0 Å². The van der Waals surface area contributed by atoms with Crippen LogP contribution < -0.4 is 4.90 Å². The van der Waals surface area contributed by atoms with Crippen molar-refractivity contribution in [2.24, 2.45) is 0 Å². The van der Waals surface area contributed by atoms with E-state index in [1.54, 1.807) is 11.8 Å². The van der Waals surface area contributed by atoms with E-state index in [0.717, 1.165) is 34.3 Å². The van der Waals surface area contributed by atoms with E-state index in [0.29, 0.717) is 19.8 Å².